The van der Waals surface area contributed by atoms with Gasteiger partial charge in [0.05, 0.1) is 11.0 Å². The number of rotatable bonds is 6. The Morgan fingerprint density at radius 2 is 2.00 bits per heavy atom. The second kappa shape index (κ2) is 6.27. The van der Waals surface area contributed by atoms with Crippen LogP contribution in [0, 0.1) is 0 Å². The van der Waals surface area contributed by atoms with Crippen molar-refractivity contribution in [1.82, 2.24) is 0 Å². The highest BCUT2D eigenvalue weighted by atomic mass is 35.5. The van der Waals surface area contributed by atoms with Crippen LogP contribution in [0.3, 0.4) is 0 Å². The van der Waals surface area contributed by atoms with Crippen molar-refractivity contribution in [3.63, 3.8) is 0 Å². The monoisotopic (exact) mass is 255 g/mol. The summed E-state index contributed by atoms with van der Waals surface area (Å²) in [6.07, 6.45) is 0.953. The number of halogens is 1. The Bertz CT molecular complexity index is 350. The molecule has 1 aromatic carbocycles. The average Bonchev–Trinajstić information content (AvgIpc) is 2.29. The number of ether oxygens (including phenoxy) is 1. The van der Waals surface area contributed by atoms with Crippen LogP contribution < -0.4 is 5.32 Å². The molecule has 1 unspecified atom stereocenters. The second-order valence-corrected chi connectivity index (χ2v) is 5.50. The number of benzene rings is 1. The van der Waals surface area contributed by atoms with E-state index in [2.05, 4.69) is 31.3 Å². The van der Waals surface area contributed by atoms with Gasteiger partial charge in [-0.15, -0.1) is 11.6 Å². The Morgan fingerprint density at radius 1 is 1.35 bits per heavy atom. The molecule has 1 N–H and O–H groups in total. The van der Waals surface area contributed by atoms with Gasteiger partial charge in [0, 0.05) is 19.3 Å². The van der Waals surface area contributed by atoms with Gasteiger partial charge in [-0.05, 0) is 38.8 Å². The van der Waals surface area contributed by atoms with E-state index in [0.29, 0.717) is 0 Å². The summed E-state index contributed by atoms with van der Waals surface area (Å²) in [5.74, 6) is 0. The van der Waals surface area contributed by atoms with E-state index in [0.717, 1.165) is 24.2 Å². The van der Waals surface area contributed by atoms with Gasteiger partial charge in [-0.1, -0.05) is 18.2 Å². The molecule has 3 heteroatoms. The number of hydrogen-bond donors (Lipinski definition) is 1. The largest absolute Gasteiger partial charge is 0.385 e. The minimum Gasteiger partial charge on any atom is -0.385 e. The lowest BCUT2D eigenvalue weighted by atomic mass is 10.0. The lowest BCUT2D eigenvalue weighted by Crippen LogP contribution is -2.25. The zero-order valence-electron chi connectivity index (χ0n) is 11.1. The summed E-state index contributed by atoms with van der Waals surface area (Å²) in [4.78, 5) is 0. The Kier molecular flexibility index (Phi) is 5.29. The summed E-state index contributed by atoms with van der Waals surface area (Å²) in [6, 6.07) is 8.15. The molecule has 0 bridgehead atoms. The fourth-order valence-electron chi connectivity index (χ4n) is 1.61. The molecule has 1 aromatic rings. The molecule has 1 rings (SSSR count). The fraction of sp³-hybridized carbons (Fsp3) is 0.571. The maximum atomic E-state index is 6.14. The number of methoxy groups -OCH3 is 1. The van der Waals surface area contributed by atoms with E-state index in [9.17, 15) is 0 Å². The standard InChI is InChI=1S/C14H22ClNO/c1-11(15)12-7-5-6-8-13(12)16-10-9-14(2,3)17-4/h5-8,11,16H,9-10H2,1-4H3. The minimum atomic E-state index is -0.0888. The Hall–Kier alpha value is -0.730. The topological polar surface area (TPSA) is 21.3 Å². The van der Waals surface area contributed by atoms with Gasteiger partial charge in [-0.25, -0.2) is 0 Å². The summed E-state index contributed by atoms with van der Waals surface area (Å²) in [7, 11) is 1.74. The highest BCUT2D eigenvalue weighted by Crippen LogP contribution is 2.27. The molecule has 1 atom stereocenters. The first-order valence-electron chi connectivity index (χ1n) is 5.98. The average molecular weight is 256 g/mol. The van der Waals surface area contributed by atoms with Crippen molar-refractivity contribution in [3.8, 4) is 0 Å². The maximum absolute atomic E-state index is 6.14. The van der Waals surface area contributed by atoms with Gasteiger partial charge in [-0.3, -0.25) is 0 Å². The summed E-state index contributed by atoms with van der Waals surface area (Å²) in [6.45, 7) is 7.04. The third-order valence-corrected chi connectivity index (χ3v) is 3.22. The lowest BCUT2D eigenvalue weighted by molar-refractivity contribution is 0.0185. The van der Waals surface area contributed by atoms with Gasteiger partial charge in [-0.2, -0.15) is 0 Å². The molecule has 0 spiro atoms. The first-order chi connectivity index (χ1) is 7.96. The molecule has 96 valence electrons. The number of anilines is 1. The number of alkyl halides is 1. The first-order valence-corrected chi connectivity index (χ1v) is 6.42. The molecule has 0 radical (unpaired) electrons. The molecule has 0 fully saturated rings. The van der Waals surface area contributed by atoms with Gasteiger partial charge >= 0.3 is 0 Å². The van der Waals surface area contributed by atoms with E-state index in [1.54, 1.807) is 7.11 Å². The van der Waals surface area contributed by atoms with Gasteiger partial charge in [0.25, 0.3) is 0 Å². The van der Waals surface area contributed by atoms with Gasteiger partial charge in [0.2, 0.25) is 0 Å². The molecular formula is C14H22ClNO. The van der Waals surface area contributed by atoms with Crippen LogP contribution in [0.2, 0.25) is 0 Å². The van der Waals surface area contributed by atoms with Crippen molar-refractivity contribution in [2.45, 2.75) is 38.2 Å². The summed E-state index contributed by atoms with van der Waals surface area (Å²) in [5.41, 5.74) is 2.17. The van der Waals surface area contributed by atoms with Crippen molar-refractivity contribution in [3.05, 3.63) is 29.8 Å². The van der Waals surface area contributed by atoms with Crippen LogP contribution in [0.25, 0.3) is 0 Å². The SMILES string of the molecule is COC(C)(C)CCNc1ccccc1C(C)Cl. The van der Waals surface area contributed by atoms with Gasteiger partial charge in [0.15, 0.2) is 0 Å². The predicted molar refractivity (Wildman–Crippen MR) is 74.9 cm³/mol. The molecule has 0 aliphatic carbocycles. The summed E-state index contributed by atoms with van der Waals surface area (Å²) < 4.78 is 5.39. The number of nitrogens with one attached hydrogen (secondary N) is 1. The van der Waals surface area contributed by atoms with Crippen LogP contribution in [0.15, 0.2) is 24.3 Å². The van der Waals surface area contributed by atoms with Gasteiger partial charge in [0.1, 0.15) is 0 Å². The Balaban J connectivity index is 2.58. The molecule has 0 aliphatic rings. The zero-order valence-corrected chi connectivity index (χ0v) is 11.8. The van der Waals surface area contributed by atoms with E-state index in [-0.39, 0.29) is 11.0 Å². The zero-order chi connectivity index (χ0) is 12.9. The number of hydrogen-bond acceptors (Lipinski definition) is 2. The van der Waals surface area contributed by atoms with Crippen molar-refractivity contribution >= 4 is 17.3 Å². The van der Waals surface area contributed by atoms with Crippen LogP contribution in [0.1, 0.15) is 38.1 Å². The molecule has 0 aromatic heterocycles. The first kappa shape index (κ1) is 14.3. The third-order valence-electron chi connectivity index (χ3n) is 2.98. The molecule has 0 amide bonds. The minimum absolute atomic E-state index is 0.0223. The third kappa shape index (κ3) is 4.57. The summed E-state index contributed by atoms with van der Waals surface area (Å²) >= 11 is 6.14. The van der Waals surface area contributed by atoms with E-state index < -0.39 is 0 Å². The molecule has 17 heavy (non-hydrogen) atoms. The molecule has 0 heterocycles. The normalized spacial score (nSPS) is 13.5. The predicted octanol–water partition coefficient (Wildman–Crippen LogP) is 4.21. The molecule has 0 saturated carbocycles. The Morgan fingerprint density at radius 3 is 2.59 bits per heavy atom. The molecule has 0 saturated heterocycles. The van der Waals surface area contributed by atoms with Crippen LogP contribution in [0.5, 0.6) is 0 Å². The van der Waals surface area contributed by atoms with Crippen LogP contribution >= 0.6 is 11.6 Å². The second-order valence-electron chi connectivity index (χ2n) is 4.84. The molecule has 0 aliphatic heterocycles. The van der Waals surface area contributed by atoms with E-state index in [1.165, 1.54) is 0 Å². The van der Waals surface area contributed by atoms with Gasteiger partial charge < -0.3 is 10.1 Å². The van der Waals surface area contributed by atoms with Crippen molar-refractivity contribution < 1.29 is 4.74 Å². The van der Waals surface area contributed by atoms with Crippen molar-refractivity contribution in [2.24, 2.45) is 0 Å². The highest BCUT2D eigenvalue weighted by molar-refractivity contribution is 6.21. The Labute approximate surface area is 109 Å². The smallest absolute Gasteiger partial charge is 0.0639 e. The van der Waals surface area contributed by atoms with E-state index in [1.807, 2.05) is 19.1 Å². The number of para-hydroxylation sites is 1. The van der Waals surface area contributed by atoms with Crippen LogP contribution in [-0.2, 0) is 4.74 Å². The maximum Gasteiger partial charge on any atom is 0.0639 e. The quantitative estimate of drug-likeness (QED) is 0.769. The van der Waals surface area contributed by atoms with E-state index in [4.69, 9.17) is 16.3 Å². The molecule has 2 nitrogen and oxygen atoms in total. The highest BCUT2D eigenvalue weighted by Gasteiger charge is 2.15. The van der Waals surface area contributed by atoms with Crippen molar-refractivity contribution in [2.75, 3.05) is 19.0 Å². The lowest BCUT2D eigenvalue weighted by Gasteiger charge is -2.23. The molecular weight excluding hydrogens is 234 g/mol. The fourth-order valence-corrected chi connectivity index (χ4v) is 1.80. The summed E-state index contributed by atoms with van der Waals surface area (Å²) in [5, 5.41) is 3.44. The van der Waals surface area contributed by atoms with Crippen LogP contribution in [0.4, 0.5) is 5.69 Å². The van der Waals surface area contributed by atoms with E-state index >= 15 is 0 Å². The van der Waals surface area contributed by atoms with Crippen molar-refractivity contribution in [1.29, 1.82) is 0 Å². The van der Waals surface area contributed by atoms with Crippen LogP contribution in [-0.4, -0.2) is 19.3 Å².